The lowest BCUT2D eigenvalue weighted by molar-refractivity contribution is 1.07. The molecule has 54 heavy (non-hydrogen) atoms. The molecular formula is C50H32N4. The fourth-order valence-corrected chi connectivity index (χ4v) is 7.42. The van der Waals surface area contributed by atoms with Crippen molar-refractivity contribution in [3.05, 3.63) is 194 Å². The van der Waals surface area contributed by atoms with Crippen LogP contribution in [-0.2, 0) is 0 Å². The summed E-state index contributed by atoms with van der Waals surface area (Å²) in [6.07, 6.45) is 0. The van der Waals surface area contributed by atoms with Crippen molar-refractivity contribution in [1.29, 1.82) is 0 Å². The van der Waals surface area contributed by atoms with Crippen LogP contribution in [0.15, 0.2) is 194 Å². The predicted octanol–water partition coefficient (Wildman–Crippen LogP) is 12.7. The minimum absolute atomic E-state index is 0.638. The summed E-state index contributed by atoms with van der Waals surface area (Å²) in [4.78, 5) is 20.0. The lowest BCUT2D eigenvalue weighted by Crippen LogP contribution is -2.00. The van der Waals surface area contributed by atoms with Gasteiger partial charge in [0.05, 0.1) is 11.2 Å². The summed E-state index contributed by atoms with van der Waals surface area (Å²) < 4.78 is 0. The van der Waals surface area contributed by atoms with E-state index in [-0.39, 0.29) is 0 Å². The van der Waals surface area contributed by atoms with E-state index in [1.165, 1.54) is 27.1 Å². The van der Waals surface area contributed by atoms with E-state index in [9.17, 15) is 0 Å². The average molecular weight is 689 g/mol. The van der Waals surface area contributed by atoms with Gasteiger partial charge in [-0.3, -0.25) is 0 Å². The molecule has 0 amide bonds. The number of fused-ring (bicyclic) bond motifs is 4. The van der Waals surface area contributed by atoms with Crippen LogP contribution in [0.5, 0.6) is 0 Å². The molecule has 4 nitrogen and oxygen atoms in total. The van der Waals surface area contributed by atoms with Gasteiger partial charge in [-0.15, -0.1) is 0 Å². The van der Waals surface area contributed by atoms with E-state index in [2.05, 4.69) is 133 Å². The minimum Gasteiger partial charge on any atom is -0.248 e. The first-order valence-corrected chi connectivity index (χ1v) is 18.1. The van der Waals surface area contributed by atoms with Gasteiger partial charge in [0, 0.05) is 27.6 Å². The zero-order valence-electron chi connectivity index (χ0n) is 29.3. The van der Waals surface area contributed by atoms with Crippen molar-refractivity contribution >= 4 is 32.4 Å². The third kappa shape index (κ3) is 5.76. The Kier molecular flexibility index (Phi) is 7.77. The molecule has 0 unspecified atom stereocenters. The lowest BCUT2D eigenvalue weighted by Gasteiger charge is -2.15. The van der Waals surface area contributed by atoms with E-state index in [0.717, 1.165) is 55.5 Å². The second-order valence-electron chi connectivity index (χ2n) is 13.5. The molecule has 0 radical (unpaired) electrons. The predicted molar refractivity (Wildman–Crippen MR) is 223 cm³/mol. The molecule has 8 aromatic carbocycles. The highest BCUT2D eigenvalue weighted by molar-refractivity contribution is 6.17. The molecule has 2 aromatic heterocycles. The first-order chi connectivity index (χ1) is 26.7. The SMILES string of the molecule is c1ccc(-c2nc(-c3ccccc3)nc(-c3ccc(-c4cccc5c4ccc4nc(-c6ccc7ccccc7c6)cc(-c6ccccc6)c45)cc3)n2)cc1. The van der Waals surface area contributed by atoms with E-state index in [0.29, 0.717) is 17.5 Å². The molecule has 0 fully saturated rings. The van der Waals surface area contributed by atoms with Gasteiger partial charge < -0.3 is 0 Å². The first-order valence-electron chi connectivity index (χ1n) is 18.1. The molecule has 0 N–H and O–H groups in total. The second kappa shape index (κ2) is 13.4. The van der Waals surface area contributed by atoms with Gasteiger partial charge in [0.25, 0.3) is 0 Å². The van der Waals surface area contributed by atoms with E-state index in [4.69, 9.17) is 19.9 Å². The van der Waals surface area contributed by atoms with Crippen LogP contribution in [0.25, 0.3) is 100 Å². The summed E-state index contributed by atoms with van der Waals surface area (Å²) in [5, 5.41) is 5.92. The maximum Gasteiger partial charge on any atom is 0.164 e. The van der Waals surface area contributed by atoms with Gasteiger partial charge in [-0.25, -0.2) is 19.9 Å². The Hall–Kier alpha value is -7.30. The van der Waals surface area contributed by atoms with Crippen LogP contribution in [0, 0.1) is 0 Å². The first kappa shape index (κ1) is 31.4. The van der Waals surface area contributed by atoms with Crippen LogP contribution >= 0.6 is 0 Å². The fourth-order valence-electron chi connectivity index (χ4n) is 7.42. The molecule has 0 aliphatic carbocycles. The van der Waals surface area contributed by atoms with E-state index >= 15 is 0 Å². The molecule has 0 atom stereocenters. The number of aromatic nitrogens is 4. The third-order valence-corrected chi connectivity index (χ3v) is 10.1. The molecule has 0 saturated carbocycles. The summed E-state index contributed by atoms with van der Waals surface area (Å²) in [5.41, 5.74) is 10.5. The Morgan fingerprint density at radius 3 is 1.44 bits per heavy atom. The quantitative estimate of drug-likeness (QED) is 0.163. The molecular weight excluding hydrogens is 657 g/mol. The van der Waals surface area contributed by atoms with Gasteiger partial charge >= 0.3 is 0 Å². The fraction of sp³-hybridized carbons (Fsp3) is 0. The summed E-state index contributed by atoms with van der Waals surface area (Å²) in [5.74, 6) is 1.94. The monoisotopic (exact) mass is 688 g/mol. The number of pyridine rings is 1. The Balaban J connectivity index is 1.09. The van der Waals surface area contributed by atoms with Crippen LogP contribution in [0.1, 0.15) is 0 Å². The maximum atomic E-state index is 5.28. The smallest absolute Gasteiger partial charge is 0.164 e. The van der Waals surface area contributed by atoms with E-state index in [1.807, 2.05) is 60.7 Å². The molecule has 0 aliphatic rings. The minimum atomic E-state index is 0.638. The Morgan fingerprint density at radius 1 is 0.278 bits per heavy atom. The van der Waals surface area contributed by atoms with Crippen molar-refractivity contribution < 1.29 is 0 Å². The summed E-state index contributed by atoms with van der Waals surface area (Å²) >= 11 is 0. The number of nitrogens with zero attached hydrogens (tertiary/aromatic N) is 4. The molecule has 2 heterocycles. The molecule has 10 aromatic rings. The van der Waals surface area contributed by atoms with Crippen molar-refractivity contribution in [2.75, 3.05) is 0 Å². The number of benzene rings is 8. The van der Waals surface area contributed by atoms with Crippen LogP contribution in [0.3, 0.4) is 0 Å². The normalized spacial score (nSPS) is 11.3. The average Bonchev–Trinajstić information content (AvgIpc) is 3.26. The van der Waals surface area contributed by atoms with Crippen molar-refractivity contribution in [3.8, 4) is 67.7 Å². The highest BCUT2D eigenvalue weighted by atomic mass is 15.0. The van der Waals surface area contributed by atoms with E-state index in [1.54, 1.807) is 0 Å². The number of rotatable bonds is 6. The number of hydrogen-bond acceptors (Lipinski definition) is 4. The molecule has 0 bridgehead atoms. The molecule has 10 rings (SSSR count). The Labute approximate surface area is 313 Å². The van der Waals surface area contributed by atoms with Gasteiger partial charge in [-0.2, -0.15) is 0 Å². The van der Waals surface area contributed by atoms with Crippen LogP contribution < -0.4 is 0 Å². The van der Waals surface area contributed by atoms with Gasteiger partial charge in [0.2, 0.25) is 0 Å². The van der Waals surface area contributed by atoms with Crippen molar-refractivity contribution in [2.45, 2.75) is 0 Å². The maximum absolute atomic E-state index is 5.28. The molecule has 4 heteroatoms. The molecule has 0 spiro atoms. The van der Waals surface area contributed by atoms with Crippen molar-refractivity contribution in [3.63, 3.8) is 0 Å². The van der Waals surface area contributed by atoms with Gasteiger partial charge in [0.1, 0.15) is 0 Å². The highest BCUT2D eigenvalue weighted by Gasteiger charge is 2.16. The van der Waals surface area contributed by atoms with Gasteiger partial charge in [-0.05, 0) is 62.0 Å². The van der Waals surface area contributed by atoms with Crippen molar-refractivity contribution in [2.24, 2.45) is 0 Å². The standard InChI is InChI=1S/C50H32N4/c1-4-14-34(15-5-1)44-32-46(40-28-23-33-13-10-11-20-39(33)31-40)51-45-30-29-42-41(21-12-22-43(42)47(44)45)35-24-26-38(27-25-35)50-53-48(36-16-6-2-7-17-36)52-49(54-50)37-18-8-3-9-19-37/h1-32H. The van der Waals surface area contributed by atoms with Gasteiger partial charge in [-0.1, -0.05) is 176 Å². The highest BCUT2D eigenvalue weighted by Crippen LogP contribution is 2.40. The van der Waals surface area contributed by atoms with Crippen LogP contribution in [0.2, 0.25) is 0 Å². The van der Waals surface area contributed by atoms with Crippen LogP contribution in [0.4, 0.5) is 0 Å². The topological polar surface area (TPSA) is 51.6 Å². The summed E-state index contributed by atoms with van der Waals surface area (Å²) in [7, 11) is 0. The second-order valence-corrected chi connectivity index (χ2v) is 13.5. The number of hydrogen-bond donors (Lipinski definition) is 0. The summed E-state index contributed by atoms with van der Waals surface area (Å²) in [6.45, 7) is 0. The van der Waals surface area contributed by atoms with E-state index < -0.39 is 0 Å². The Bertz CT molecular complexity index is 2900. The Morgan fingerprint density at radius 2 is 0.796 bits per heavy atom. The van der Waals surface area contributed by atoms with Crippen LogP contribution in [-0.4, -0.2) is 19.9 Å². The third-order valence-electron chi connectivity index (χ3n) is 10.1. The summed E-state index contributed by atoms with van der Waals surface area (Å²) in [6, 6.07) is 67.7. The molecule has 0 saturated heterocycles. The van der Waals surface area contributed by atoms with Crippen molar-refractivity contribution in [1.82, 2.24) is 19.9 Å². The largest absolute Gasteiger partial charge is 0.248 e. The zero-order chi connectivity index (χ0) is 35.8. The lowest BCUT2D eigenvalue weighted by atomic mass is 9.91. The van der Waals surface area contributed by atoms with Gasteiger partial charge in [0.15, 0.2) is 17.5 Å². The molecule has 252 valence electrons. The molecule has 0 aliphatic heterocycles. The zero-order valence-corrected chi connectivity index (χ0v) is 29.3.